The number of urea groups is 1. The minimum atomic E-state index is -0.354. The number of anilines is 1. The van der Waals surface area contributed by atoms with Gasteiger partial charge in [-0.3, -0.25) is 4.79 Å². The molecule has 1 aromatic carbocycles. The minimum Gasteiger partial charge on any atom is -0.341 e. The molecule has 0 radical (unpaired) electrons. The van der Waals surface area contributed by atoms with E-state index in [1.54, 1.807) is 4.90 Å². The first kappa shape index (κ1) is 19.2. The van der Waals surface area contributed by atoms with Crippen LogP contribution in [0.5, 0.6) is 0 Å². The fourth-order valence-electron chi connectivity index (χ4n) is 2.40. The van der Waals surface area contributed by atoms with Gasteiger partial charge >= 0.3 is 6.03 Å². The highest BCUT2D eigenvalue weighted by Gasteiger charge is 2.26. The second kappa shape index (κ2) is 9.32. The van der Waals surface area contributed by atoms with Crippen LogP contribution in [0.25, 0.3) is 0 Å². The van der Waals surface area contributed by atoms with Crippen LogP contribution in [0.15, 0.2) is 24.3 Å². The number of amides is 3. The number of nitrogens with one attached hydrogen (secondary N) is 2. The summed E-state index contributed by atoms with van der Waals surface area (Å²) in [6, 6.07) is 5.12. The van der Waals surface area contributed by atoms with Crippen LogP contribution in [-0.4, -0.2) is 42.5 Å². The third kappa shape index (κ3) is 6.03. The van der Waals surface area contributed by atoms with Crippen molar-refractivity contribution in [2.75, 3.05) is 25.0 Å². The van der Waals surface area contributed by atoms with E-state index in [2.05, 4.69) is 10.6 Å². The number of nitrogens with two attached hydrogens (primary N) is 1. The highest BCUT2D eigenvalue weighted by Crippen LogP contribution is 2.12. The summed E-state index contributed by atoms with van der Waals surface area (Å²) in [5, 5.41) is 5.46. The Labute approximate surface area is 141 Å². The Hall–Kier alpha value is -1.86. The number of hydrogen-bond donors (Lipinski definition) is 3. The van der Waals surface area contributed by atoms with Crippen molar-refractivity contribution in [1.82, 2.24) is 10.2 Å². The number of benzene rings is 1. The monoisotopic (exact) mass is 344 g/mol. The molecule has 4 N–H and O–H groups in total. The Balaban J connectivity index is 0.00000264. The van der Waals surface area contributed by atoms with E-state index in [0.29, 0.717) is 38.2 Å². The zero-order valence-corrected chi connectivity index (χ0v) is 13.6. The molecule has 6 nitrogen and oxygen atoms in total. The van der Waals surface area contributed by atoms with Gasteiger partial charge in [0.05, 0.1) is 0 Å². The van der Waals surface area contributed by atoms with Gasteiger partial charge in [0.25, 0.3) is 0 Å². The van der Waals surface area contributed by atoms with E-state index in [9.17, 15) is 14.0 Å². The lowest BCUT2D eigenvalue weighted by Gasteiger charge is -2.17. The molecule has 1 saturated heterocycles. The van der Waals surface area contributed by atoms with Crippen molar-refractivity contribution in [2.24, 2.45) is 5.73 Å². The first-order chi connectivity index (χ1) is 10.6. The average Bonchev–Trinajstić information content (AvgIpc) is 2.95. The molecule has 0 aliphatic carbocycles. The molecule has 8 heteroatoms. The topological polar surface area (TPSA) is 87.5 Å². The lowest BCUT2D eigenvalue weighted by Crippen LogP contribution is -2.40. The van der Waals surface area contributed by atoms with Gasteiger partial charge in [-0.1, -0.05) is 0 Å². The van der Waals surface area contributed by atoms with E-state index in [1.165, 1.54) is 24.3 Å². The Morgan fingerprint density at radius 1 is 1.30 bits per heavy atom. The maximum atomic E-state index is 12.8. The average molecular weight is 345 g/mol. The molecular formula is C15H22ClFN4O2. The number of rotatable bonds is 5. The quantitative estimate of drug-likeness (QED) is 0.759. The first-order valence-electron chi connectivity index (χ1n) is 7.39. The summed E-state index contributed by atoms with van der Waals surface area (Å²) in [6.07, 6.45) is 1.86. The van der Waals surface area contributed by atoms with Crippen LogP contribution in [0.4, 0.5) is 14.9 Å². The normalized spacial score (nSPS) is 16.6. The maximum absolute atomic E-state index is 12.8. The molecule has 3 amide bonds. The van der Waals surface area contributed by atoms with E-state index in [4.69, 9.17) is 5.73 Å². The SMILES string of the molecule is Cl.NCCCC(=O)N1CCC(NC(=O)Nc2ccc(F)cc2)C1. The highest BCUT2D eigenvalue weighted by atomic mass is 35.5. The van der Waals surface area contributed by atoms with Crippen LogP contribution >= 0.6 is 12.4 Å². The van der Waals surface area contributed by atoms with Gasteiger partial charge < -0.3 is 21.3 Å². The summed E-state index contributed by atoms with van der Waals surface area (Å²) in [5.41, 5.74) is 5.91. The maximum Gasteiger partial charge on any atom is 0.319 e. The van der Waals surface area contributed by atoms with Crippen LogP contribution < -0.4 is 16.4 Å². The molecule has 128 valence electrons. The lowest BCUT2D eigenvalue weighted by molar-refractivity contribution is -0.130. The Bertz CT molecular complexity index is 527. The zero-order valence-electron chi connectivity index (χ0n) is 12.8. The van der Waals surface area contributed by atoms with Crippen molar-refractivity contribution in [3.8, 4) is 0 Å². The molecule has 23 heavy (non-hydrogen) atoms. The van der Waals surface area contributed by atoms with Crippen LogP contribution in [-0.2, 0) is 4.79 Å². The summed E-state index contributed by atoms with van der Waals surface area (Å²) < 4.78 is 12.8. The number of carbonyl (C=O) groups excluding carboxylic acids is 2. The van der Waals surface area contributed by atoms with E-state index in [-0.39, 0.29) is 36.2 Å². The standard InChI is InChI=1S/C15H21FN4O2.ClH/c16-11-3-5-12(6-4-11)18-15(22)19-13-7-9-20(10-13)14(21)2-1-8-17;/h3-6,13H,1-2,7-10,17H2,(H2,18,19,22);1H. The Morgan fingerprint density at radius 2 is 2.00 bits per heavy atom. The van der Waals surface area contributed by atoms with Crippen molar-refractivity contribution >= 4 is 30.0 Å². The molecule has 0 bridgehead atoms. The summed E-state index contributed by atoms with van der Waals surface area (Å²) in [6.45, 7) is 1.66. The van der Waals surface area contributed by atoms with Gasteiger partial charge in [-0.25, -0.2) is 9.18 Å². The number of carbonyl (C=O) groups is 2. The van der Waals surface area contributed by atoms with Gasteiger partial charge in [0.2, 0.25) is 5.91 Å². The molecule has 1 heterocycles. The third-order valence-electron chi connectivity index (χ3n) is 3.57. The number of hydrogen-bond acceptors (Lipinski definition) is 3. The molecule has 1 unspecified atom stereocenters. The van der Waals surface area contributed by atoms with Gasteiger partial charge in [0.1, 0.15) is 5.82 Å². The van der Waals surface area contributed by atoms with Gasteiger partial charge in [-0.05, 0) is 43.7 Å². The van der Waals surface area contributed by atoms with E-state index in [0.717, 1.165) is 6.42 Å². The summed E-state index contributed by atoms with van der Waals surface area (Å²) in [5.74, 6) is -0.276. The predicted molar refractivity (Wildman–Crippen MR) is 89.1 cm³/mol. The Kier molecular flexibility index (Phi) is 7.77. The fourth-order valence-corrected chi connectivity index (χ4v) is 2.40. The van der Waals surface area contributed by atoms with Gasteiger partial charge in [0.15, 0.2) is 0 Å². The molecule has 1 aliphatic heterocycles. The van der Waals surface area contributed by atoms with Crippen molar-refractivity contribution in [1.29, 1.82) is 0 Å². The Morgan fingerprint density at radius 3 is 2.65 bits per heavy atom. The van der Waals surface area contributed by atoms with Crippen molar-refractivity contribution in [3.63, 3.8) is 0 Å². The van der Waals surface area contributed by atoms with Crippen LogP contribution in [0.3, 0.4) is 0 Å². The van der Waals surface area contributed by atoms with Crippen LogP contribution in [0.2, 0.25) is 0 Å². The fraction of sp³-hybridized carbons (Fsp3) is 0.467. The number of halogens is 2. The van der Waals surface area contributed by atoms with Crippen LogP contribution in [0, 0.1) is 5.82 Å². The number of nitrogens with zero attached hydrogens (tertiary/aromatic N) is 1. The zero-order chi connectivity index (χ0) is 15.9. The molecule has 1 fully saturated rings. The van der Waals surface area contributed by atoms with Gasteiger partial charge in [0, 0.05) is 31.2 Å². The highest BCUT2D eigenvalue weighted by molar-refractivity contribution is 5.89. The molecule has 0 spiro atoms. The minimum absolute atomic E-state index is 0. The smallest absolute Gasteiger partial charge is 0.319 e. The molecular weight excluding hydrogens is 323 g/mol. The van der Waals surface area contributed by atoms with E-state index < -0.39 is 0 Å². The summed E-state index contributed by atoms with van der Waals surface area (Å²) in [7, 11) is 0. The molecule has 0 aromatic heterocycles. The van der Waals surface area contributed by atoms with E-state index in [1.807, 2.05) is 0 Å². The van der Waals surface area contributed by atoms with Crippen molar-refractivity contribution < 1.29 is 14.0 Å². The summed E-state index contributed by atoms with van der Waals surface area (Å²) in [4.78, 5) is 25.5. The molecule has 0 saturated carbocycles. The lowest BCUT2D eigenvalue weighted by atomic mass is 10.2. The largest absolute Gasteiger partial charge is 0.341 e. The molecule has 1 atom stereocenters. The van der Waals surface area contributed by atoms with Gasteiger partial charge in [-0.2, -0.15) is 0 Å². The summed E-state index contributed by atoms with van der Waals surface area (Å²) >= 11 is 0. The molecule has 2 rings (SSSR count). The second-order valence-electron chi connectivity index (χ2n) is 5.32. The number of likely N-dealkylation sites (tertiary alicyclic amines) is 1. The van der Waals surface area contributed by atoms with Crippen molar-refractivity contribution in [2.45, 2.75) is 25.3 Å². The first-order valence-corrected chi connectivity index (χ1v) is 7.39. The van der Waals surface area contributed by atoms with Crippen LogP contribution in [0.1, 0.15) is 19.3 Å². The predicted octanol–water partition coefficient (Wildman–Crippen LogP) is 1.71. The van der Waals surface area contributed by atoms with Gasteiger partial charge in [-0.15, -0.1) is 12.4 Å². The van der Waals surface area contributed by atoms with Crippen molar-refractivity contribution in [3.05, 3.63) is 30.1 Å². The molecule has 1 aliphatic rings. The second-order valence-corrected chi connectivity index (χ2v) is 5.32. The third-order valence-corrected chi connectivity index (χ3v) is 3.57. The molecule has 1 aromatic rings. The van der Waals surface area contributed by atoms with E-state index >= 15 is 0 Å².